The van der Waals surface area contributed by atoms with Crippen LogP contribution in [0.2, 0.25) is 5.02 Å². The highest BCUT2D eigenvalue weighted by Crippen LogP contribution is 2.23. The zero-order chi connectivity index (χ0) is 14.0. The van der Waals surface area contributed by atoms with Gasteiger partial charge in [0.2, 0.25) is 0 Å². The fourth-order valence-electron chi connectivity index (χ4n) is 1.65. The molecule has 1 atom stereocenters. The van der Waals surface area contributed by atoms with Crippen molar-refractivity contribution in [1.29, 1.82) is 0 Å². The first kappa shape index (κ1) is 13.9. The van der Waals surface area contributed by atoms with Crippen LogP contribution in [-0.4, -0.2) is 23.9 Å². The van der Waals surface area contributed by atoms with Crippen molar-refractivity contribution in [2.24, 2.45) is 0 Å². The van der Waals surface area contributed by atoms with Gasteiger partial charge >= 0.3 is 0 Å². The second kappa shape index (κ2) is 5.22. The van der Waals surface area contributed by atoms with Crippen LogP contribution >= 0.6 is 11.6 Å². The van der Waals surface area contributed by atoms with Gasteiger partial charge in [-0.25, -0.2) is 8.42 Å². The lowest BCUT2D eigenvalue weighted by atomic mass is 10.3. The topological polar surface area (TPSA) is 61.2 Å². The van der Waals surface area contributed by atoms with E-state index in [1.54, 1.807) is 37.3 Å². The molecule has 0 saturated heterocycles. The molecule has 1 heterocycles. The Morgan fingerprint density at radius 3 is 2.47 bits per heavy atom. The molecule has 2 aromatic rings. The van der Waals surface area contributed by atoms with Crippen LogP contribution in [0.1, 0.15) is 18.7 Å². The van der Waals surface area contributed by atoms with Crippen LogP contribution in [-0.2, 0) is 10.0 Å². The van der Waals surface area contributed by atoms with Gasteiger partial charge in [-0.1, -0.05) is 11.6 Å². The van der Waals surface area contributed by atoms with E-state index >= 15 is 0 Å². The maximum absolute atomic E-state index is 11.5. The second-order valence-electron chi connectivity index (χ2n) is 4.08. The fourth-order valence-corrected chi connectivity index (χ4v) is 2.59. The molecule has 0 aliphatic carbocycles. The molecule has 0 radical (unpaired) electrons. The highest BCUT2D eigenvalue weighted by atomic mass is 35.5. The summed E-state index contributed by atoms with van der Waals surface area (Å²) in [4.78, 5) is 0. The molecule has 0 spiro atoms. The van der Waals surface area contributed by atoms with Crippen LogP contribution in [0.25, 0.3) is 0 Å². The summed E-state index contributed by atoms with van der Waals surface area (Å²) < 4.78 is 29.7. The molecule has 2 rings (SSSR count). The van der Waals surface area contributed by atoms with Crippen molar-refractivity contribution < 1.29 is 13.2 Å². The molecule has 0 N–H and O–H groups in total. The largest absolute Gasteiger partial charge is 0.484 e. The Morgan fingerprint density at radius 2 is 1.89 bits per heavy atom. The highest BCUT2D eigenvalue weighted by Gasteiger charge is 2.18. The van der Waals surface area contributed by atoms with Crippen molar-refractivity contribution in [2.75, 3.05) is 6.26 Å². The molecule has 1 aromatic heterocycles. The molecule has 19 heavy (non-hydrogen) atoms. The molecule has 0 bridgehead atoms. The third-order valence-electron chi connectivity index (χ3n) is 2.49. The van der Waals surface area contributed by atoms with Crippen LogP contribution in [0.3, 0.4) is 0 Å². The van der Waals surface area contributed by atoms with E-state index < -0.39 is 16.1 Å². The Morgan fingerprint density at radius 1 is 1.26 bits per heavy atom. The van der Waals surface area contributed by atoms with E-state index in [-0.39, 0.29) is 0 Å². The Balaban J connectivity index is 2.23. The van der Waals surface area contributed by atoms with E-state index in [4.69, 9.17) is 16.3 Å². The maximum Gasteiger partial charge on any atom is 0.251 e. The van der Waals surface area contributed by atoms with Gasteiger partial charge in [0, 0.05) is 5.02 Å². The molecule has 102 valence electrons. The molecule has 5 nitrogen and oxygen atoms in total. The Bertz CT molecular complexity index is 665. The molecule has 0 amide bonds. The number of nitrogens with zero attached hydrogens (tertiary/aromatic N) is 2. The maximum atomic E-state index is 11.5. The van der Waals surface area contributed by atoms with Gasteiger partial charge in [-0.15, -0.1) is 0 Å². The minimum atomic E-state index is -3.43. The zero-order valence-corrected chi connectivity index (χ0v) is 12.0. The molecule has 7 heteroatoms. The van der Waals surface area contributed by atoms with E-state index in [1.165, 1.54) is 6.20 Å². The quantitative estimate of drug-likeness (QED) is 0.870. The number of hydrogen-bond donors (Lipinski definition) is 0. The molecule has 1 aromatic carbocycles. The number of halogens is 1. The average molecular weight is 301 g/mol. The third-order valence-corrected chi connectivity index (χ3v) is 3.68. The van der Waals surface area contributed by atoms with Gasteiger partial charge in [0.1, 0.15) is 11.9 Å². The van der Waals surface area contributed by atoms with Gasteiger partial charge < -0.3 is 4.74 Å². The van der Waals surface area contributed by atoms with Gasteiger partial charge in [0.25, 0.3) is 10.0 Å². The van der Waals surface area contributed by atoms with Crippen molar-refractivity contribution in [3.8, 4) is 5.75 Å². The number of ether oxygens (including phenoxy) is 1. The first-order valence-electron chi connectivity index (χ1n) is 5.54. The Hall–Kier alpha value is -1.53. The monoisotopic (exact) mass is 300 g/mol. The van der Waals surface area contributed by atoms with Crippen LogP contribution in [0.4, 0.5) is 0 Å². The zero-order valence-electron chi connectivity index (χ0n) is 10.4. The Labute approximate surface area is 116 Å². The predicted molar refractivity (Wildman–Crippen MR) is 73.0 cm³/mol. The normalized spacial score (nSPS) is 13.2. The van der Waals surface area contributed by atoms with Crippen LogP contribution in [0.15, 0.2) is 36.5 Å². The summed E-state index contributed by atoms with van der Waals surface area (Å²) in [5.74, 6) is 0.609. The summed E-state index contributed by atoms with van der Waals surface area (Å²) in [5.41, 5.74) is 0.470. The molecular formula is C12H13ClN2O3S. The highest BCUT2D eigenvalue weighted by molar-refractivity contribution is 7.89. The molecular weight excluding hydrogens is 288 g/mol. The molecule has 0 unspecified atom stereocenters. The summed E-state index contributed by atoms with van der Waals surface area (Å²) >= 11 is 5.78. The SMILES string of the molecule is C[C@H](Oc1ccc(Cl)cc1)c1ccnn1S(C)(=O)=O. The van der Waals surface area contributed by atoms with E-state index in [0.29, 0.717) is 16.5 Å². The second-order valence-corrected chi connectivity index (χ2v) is 6.32. The van der Waals surface area contributed by atoms with Crippen molar-refractivity contribution in [3.05, 3.63) is 47.2 Å². The number of hydrogen-bond acceptors (Lipinski definition) is 4. The lowest BCUT2D eigenvalue weighted by molar-refractivity contribution is 0.220. The van der Waals surface area contributed by atoms with E-state index in [1.807, 2.05) is 0 Å². The summed E-state index contributed by atoms with van der Waals surface area (Å²) in [6.45, 7) is 1.76. The smallest absolute Gasteiger partial charge is 0.251 e. The molecule has 0 aliphatic heterocycles. The van der Waals surface area contributed by atoms with Gasteiger partial charge in [-0.05, 0) is 37.3 Å². The number of rotatable bonds is 4. The standard InChI is InChI=1S/C12H13ClN2O3S/c1-9(18-11-5-3-10(13)4-6-11)12-7-8-14-15(12)19(2,16)17/h3-9H,1-2H3/t9-/m0/s1. The third kappa shape index (κ3) is 3.27. The van der Waals surface area contributed by atoms with Crippen LogP contribution in [0, 0.1) is 0 Å². The van der Waals surface area contributed by atoms with E-state index in [2.05, 4.69) is 5.10 Å². The van der Waals surface area contributed by atoms with Crippen molar-refractivity contribution >= 4 is 21.6 Å². The van der Waals surface area contributed by atoms with Crippen molar-refractivity contribution in [2.45, 2.75) is 13.0 Å². The first-order valence-corrected chi connectivity index (χ1v) is 7.77. The minimum absolute atomic E-state index is 0.446. The van der Waals surface area contributed by atoms with Gasteiger partial charge in [0.05, 0.1) is 18.1 Å². The summed E-state index contributed by atoms with van der Waals surface area (Å²) in [6.07, 6.45) is 2.08. The van der Waals surface area contributed by atoms with Crippen molar-refractivity contribution in [3.63, 3.8) is 0 Å². The molecule has 0 aliphatic rings. The number of benzene rings is 1. The Kier molecular flexibility index (Phi) is 3.82. The van der Waals surface area contributed by atoms with Gasteiger partial charge in [-0.2, -0.15) is 9.19 Å². The van der Waals surface area contributed by atoms with Gasteiger partial charge in [-0.3, -0.25) is 0 Å². The fraction of sp³-hybridized carbons (Fsp3) is 0.250. The summed E-state index contributed by atoms with van der Waals surface area (Å²) in [6, 6.07) is 8.47. The number of aromatic nitrogens is 2. The lowest BCUT2D eigenvalue weighted by Crippen LogP contribution is -2.18. The molecule has 0 fully saturated rings. The van der Waals surface area contributed by atoms with E-state index in [9.17, 15) is 8.42 Å². The average Bonchev–Trinajstić information content (AvgIpc) is 2.81. The summed E-state index contributed by atoms with van der Waals surface area (Å²) in [7, 11) is -3.43. The molecule has 0 saturated carbocycles. The first-order chi connectivity index (χ1) is 8.88. The summed E-state index contributed by atoms with van der Waals surface area (Å²) in [5, 5.41) is 4.40. The predicted octanol–water partition coefficient (Wildman–Crippen LogP) is 2.48. The minimum Gasteiger partial charge on any atom is -0.484 e. The van der Waals surface area contributed by atoms with Gasteiger partial charge in [0.15, 0.2) is 0 Å². The lowest BCUT2D eigenvalue weighted by Gasteiger charge is -2.15. The van der Waals surface area contributed by atoms with Crippen LogP contribution in [0.5, 0.6) is 5.75 Å². The van der Waals surface area contributed by atoms with E-state index in [0.717, 1.165) is 10.3 Å². The van der Waals surface area contributed by atoms with Crippen LogP contribution < -0.4 is 4.74 Å². The van der Waals surface area contributed by atoms with Crippen molar-refractivity contribution in [1.82, 2.24) is 9.19 Å².